The minimum absolute atomic E-state index is 0.0596. The molecule has 0 radical (unpaired) electrons. The Morgan fingerprint density at radius 1 is 1.16 bits per heavy atom. The molecule has 0 spiro atoms. The van der Waals surface area contributed by atoms with Gasteiger partial charge >= 0.3 is 6.03 Å². The summed E-state index contributed by atoms with van der Waals surface area (Å²) in [6, 6.07) is 8.23. The van der Waals surface area contributed by atoms with Crippen LogP contribution in [0.3, 0.4) is 0 Å². The van der Waals surface area contributed by atoms with Gasteiger partial charge in [0.2, 0.25) is 0 Å². The van der Waals surface area contributed by atoms with Crippen molar-refractivity contribution in [2.45, 2.75) is 0 Å². The number of carbonyl (C=O) groups is 3. The summed E-state index contributed by atoms with van der Waals surface area (Å²) in [4.78, 5) is 36.2. The predicted molar refractivity (Wildman–Crippen MR) is 69.9 cm³/mol. The van der Waals surface area contributed by atoms with E-state index in [-0.39, 0.29) is 12.1 Å². The molecule has 0 aromatic heterocycles. The van der Waals surface area contributed by atoms with Crippen LogP contribution in [0.5, 0.6) is 0 Å². The lowest BCUT2D eigenvalue weighted by Crippen LogP contribution is -2.54. The van der Waals surface area contributed by atoms with Gasteiger partial charge in [-0.15, -0.1) is 6.58 Å². The van der Waals surface area contributed by atoms with Gasteiger partial charge in [-0.05, 0) is 11.6 Å². The van der Waals surface area contributed by atoms with Crippen molar-refractivity contribution >= 4 is 23.9 Å². The minimum atomic E-state index is -0.722. The van der Waals surface area contributed by atoms with E-state index in [0.29, 0.717) is 5.56 Å². The van der Waals surface area contributed by atoms with E-state index in [2.05, 4.69) is 11.9 Å². The van der Waals surface area contributed by atoms with Crippen LogP contribution in [0.4, 0.5) is 4.79 Å². The highest BCUT2D eigenvalue weighted by Crippen LogP contribution is 2.14. The van der Waals surface area contributed by atoms with Gasteiger partial charge in [0, 0.05) is 6.54 Å². The Balaban J connectivity index is 2.36. The zero-order valence-corrected chi connectivity index (χ0v) is 10.1. The van der Waals surface area contributed by atoms with Crippen LogP contribution in [-0.2, 0) is 9.59 Å². The number of nitrogens with zero attached hydrogens (tertiary/aromatic N) is 1. The monoisotopic (exact) mass is 256 g/mol. The molecule has 1 fully saturated rings. The smallest absolute Gasteiger partial charge is 0.273 e. The average Bonchev–Trinajstić information content (AvgIpc) is 2.41. The Hall–Kier alpha value is -2.69. The molecule has 1 aromatic rings. The molecule has 5 nitrogen and oxygen atoms in total. The molecule has 4 amide bonds. The standard InChI is InChI=1S/C14H12N2O3/c1-2-8-16-13(18)11(12(17)15-14(16)19)9-10-6-4-3-5-7-10/h2-7,9H,1,8H2,(H,15,17,19)/b11-9-. The second-order valence-electron chi connectivity index (χ2n) is 3.93. The fraction of sp³-hybridized carbons (Fsp3) is 0.0714. The summed E-state index contributed by atoms with van der Waals surface area (Å²) in [7, 11) is 0. The molecule has 2 rings (SSSR count). The summed E-state index contributed by atoms with van der Waals surface area (Å²) in [5.74, 6) is -1.29. The molecule has 0 bridgehead atoms. The van der Waals surface area contributed by atoms with Gasteiger partial charge in [-0.25, -0.2) is 4.79 Å². The van der Waals surface area contributed by atoms with E-state index in [4.69, 9.17) is 0 Å². The lowest BCUT2D eigenvalue weighted by molar-refractivity contribution is -0.129. The quantitative estimate of drug-likeness (QED) is 0.504. The Bertz CT molecular complexity index is 576. The third-order valence-electron chi connectivity index (χ3n) is 2.61. The number of urea groups is 1. The van der Waals surface area contributed by atoms with Crippen LogP contribution in [-0.4, -0.2) is 29.3 Å². The normalized spacial score (nSPS) is 17.6. The van der Waals surface area contributed by atoms with E-state index in [1.54, 1.807) is 24.3 Å². The van der Waals surface area contributed by atoms with Gasteiger partial charge in [0.05, 0.1) is 0 Å². The van der Waals surface area contributed by atoms with Gasteiger partial charge < -0.3 is 0 Å². The Labute approximate surface area is 110 Å². The Morgan fingerprint density at radius 3 is 2.47 bits per heavy atom. The van der Waals surface area contributed by atoms with Crippen molar-refractivity contribution in [3.63, 3.8) is 0 Å². The largest absolute Gasteiger partial charge is 0.331 e. The SMILES string of the molecule is C=CCN1C(=O)NC(=O)/C(=C/c2ccccc2)C1=O. The first-order valence-electron chi connectivity index (χ1n) is 5.68. The van der Waals surface area contributed by atoms with Crippen LogP contribution in [0.15, 0.2) is 48.6 Å². The minimum Gasteiger partial charge on any atom is -0.273 e. The molecule has 5 heteroatoms. The molecule has 1 aliphatic heterocycles. The second-order valence-corrected chi connectivity index (χ2v) is 3.93. The van der Waals surface area contributed by atoms with Crippen molar-refractivity contribution < 1.29 is 14.4 Å². The van der Waals surface area contributed by atoms with Crippen LogP contribution in [0.25, 0.3) is 6.08 Å². The number of hydrogen-bond acceptors (Lipinski definition) is 3. The molecule has 1 N–H and O–H groups in total. The fourth-order valence-electron chi connectivity index (χ4n) is 1.70. The van der Waals surface area contributed by atoms with Gasteiger partial charge in [0.25, 0.3) is 11.8 Å². The first kappa shape index (κ1) is 12.8. The van der Waals surface area contributed by atoms with Crippen LogP contribution in [0.2, 0.25) is 0 Å². The maximum atomic E-state index is 12.1. The predicted octanol–water partition coefficient (Wildman–Crippen LogP) is 1.33. The number of barbiturate groups is 1. The fourth-order valence-corrected chi connectivity index (χ4v) is 1.70. The number of imide groups is 2. The van der Waals surface area contributed by atoms with Crippen LogP contribution >= 0.6 is 0 Å². The van der Waals surface area contributed by atoms with E-state index in [1.807, 2.05) is 6.07 Å². The van der Waals surface area contributed by atoms with Crippen molar-refractivity contribution in [3.05, 3.63) is 54.1 Å². The second kappa shape index (κ2) is 5.30. The first-order valence-corrected chi connectivity index (χ1v) is 5.68. The Morgan fingerprint density at radius 2 is 1.84 bits per heavy atom. The summed E-state index contributed by atoms with van der Waals surface area (Å²) in [5, 5.41) is 2.13. The number of rotatable bonds is 3. The Kier molecular flexibility index (Phi) is 3.56. The molecule has 0 unspecified atom stereocenters. The third-order valence-corrected chi connectivity index (χ3v) is 2.61. The number of carbonyl (C=O) groups excluding carboxylic acids is 3. The van der Waals surface area contributed by atoms with Crippen molar-refractivity contribution in [3.8, 4) is 0 Å². The van der Waals surface area contributed by atoms with E-state index in [0.717, 1.165) is 4.90 Å². The maximum absolute atomic E-state index is 12.1. The molecule has 0 saturated carbocycles. The summed E-state index contributed by atoms with van der Waals surface area (Å²) in [6.45, 7) is 3.53. The molecule has 0 aliphatic carbocycles. The number of nitrogens with one attached hydrogen (secondary N) is 1. The highest BCUT2D eigenvalue weighted by Gasteiger charge is 2.34. The van der Waals surface area contributed by atoms with E-state index < -0.39 is 17.8 Å². The molecule has 0 atom stereocenters. The highest BCUT2D eigenvalue weighted by atomic mass is 16.2. The van der Waals surface area contributed by atoms with Crippen LogP contribution in [0.1, 0.15) is 5.56 Å². The number of benzene rings is 1. The molecule has 1 aromatic carbocycles. The zero-order chi connectivity index (χ0) is 13.8. The average molecular weight is 256 g/mol. The number of hydrogen-bond donors (Lipinski definition) is 1. The van der Waals surface area contributed by atoms with Crippen molar-refractivity contribution in [2.24, 2.45) is 0 Å². The van der Waals surface area contributed by atoms with E-state index in [1.165, 1.54) is 12.2 Å². The molecule has 19 heavy (non-hydrogen) atoms. The molecule has 1 saturated heterocycles. The van der Waals surface area contributed by atoms with E-state index >= 15 is 0 Å². The molecular weight excluding hydrogens is 244 g/mol. The maximum Gasteiger partial charge on any atom is 0.331 e. The topological polar surface area (TPSA) is 66.5 Å². The van der Waals surface area contributed by atoms with Crippen molar-refractivity contribution in [1.29, 1.82) is 0 Å². The lowest BCUT2D eigenvalue weighted by Gasteiger charge is -2.25. The lowest BCUT2D eigenvalue weighted by atomic mass is 10.1. The summed E-state index contributed by atoms with van der Waals surface area (Å²) in [5.41, 5.74) is 0.654. The summed E-state index contributed by atoms with van der Waals surface area (Å²) < 4.78 is 0. The molecule has 1 aliphatic rings. The molecule has 96 valence electrons. The van der Waals surface area contributed by atoms with Crippen molar-refractivity contribution in [1.82, 2.24) is 10.2 Å². The molecule has 1 heterocycles. The van der Waals surface area contributed by atoms with E-state index in [9.17, 15) is 14.4 Å². The first-order chi connectivity index (χ1) is 9.13. The van der Waals surface area contributed by atoms with Crippen LogP contribution < -0.4 is 5.32 Å². The highest BCUT2D eigenvalue weighted by molar-refractivity contribution is 6.31. The summed E-state index contributed by atoms with van der Waals surface area (Å²) >= 11 is 0. The third kappa shape index (κ3) is 2.60. The van der Waals surface area contributed by atoms with Crippen LogP contribution in [0, 0.1) is 0 Å². The van der Waals surface area contributed by atoms with Gasteiger partial charge in [-0.1, -0.05) is 36.4 Å². The van der Waals surface area contributed by atoms with Crippen molar-refractivity contribution in [2.75, 3.05) is 6.54 Å². The van der Waals surface area contributed by atoms with Gasteiger partial charge in [-0.3, -0.25) is 19.8 Å². The summed E-state index contributed by atoms with van der Waals surface area (Å²) in [6.07, 6.45) is 2.88. The van der Waals surface area contributed by atoms with Gasteiger partial charge in [0.15, 0.2) is 0 Å². The van der Waals surface area contributed by atoms with Gasteiger partial charge in [-0.2, -0.15) is 0 Å². The molecular formula is C14H12N2O3. The van der Waals surface area contributed by atoms with Gasteiger partial charge in [0.1, 0.15) is 5.57 Å². The number of amides is 4. The zero-order valence-electron chi connectivity index (χ0n) is 10.1.